The molecule has 1 atom stereocenters. The maximum absolute atomic E-state index is 2.55. The Bertz CT molecular complexity index is 3290. The molecule has 10 aromatic carbocycles. The van der Waals surface area contributed by atoms with Gasteiger partial charge < -0.3 is 0 Å². The van der Waals surface area contributed by atoms with Crippen molar-refractivity contribution in [3.8, 4) is 44.5 Å². The minimum atomic E-state index is -0.487. The summed E-state index contributed by atoms with van der Waals surface area (Å²) in [4.78, 5) is 0. The van der Waals surface area contributed by atoms with E-state index in [0.29, 0.717) is 0 Å². The average Bonchev–Trinajstić information content (AvgIpc) is 3.96. The van der Waals surface area contributed by atoms with Gasteiger partial charge >= 0.3 is 0 Å². The molecule has 0 amide bonds. The molecule has 1 spiro atoms. The number of hydrogen-bond acceptors (Lipinski definition) is 0. The van der Waals surface area contributed by atoms with Gasteiger partial charge in [-0.05, 0) is 112 Å². The predicted molar refractivity (Wildman–Crippen MR) is 259 cm³/mol. The lowest BCUT2D eigenvalue weighted by Gasteiger charge is -2.34. The molecule has 0 radical (unpaired) electrons. The van der Waals surface area contributed by atoms with Crippen LogP contribution in [0.15, 0.2) is 249 Å². The van der Waals surface area contributed by atoms with Gasteiger partial charge in [-0.2, -0.15) is 0 Å². The minimum Gasteiger partial charge on any atom is -0.0622 e. The molecule has 0 saturated heterocycles. The van der Waals surface area contributed by atoms with Crippen molar-refractivity contribution >= 4 is 0 Å². The van der Waals surface area contributed by atoms with Crippen LogP contribution < -0.4 is 0 Å². The first kappa shape index (κ1) is 35.9. The van der Waals surface area contributed by atoms with Crippen LogP contribution in [0, 0.1) is 0 Å². The lowest BCUT2D eigenvalue weighted by Crippen LogP contribution is -2.28. The van der Waals surface area contributed by atoms with Crippen LogP contribution in [-0.2, 0) is 10.8 Å². The molecule has 0 bridgehead atoms. The number of benzene rings is 10. The zero-order valence-electron chi connectivity index (χ0n) is 34.7. The van der Waals surface area contributed by atoms with E-state index in [1.807, 2.05) is 0 Å². The van der Waals surface area contributed by atoms with Gasteiger partial charge in [-0.1, -0.05) is 243 Å². The second-order valence-electron chi connectivity index (χ2n) is 17.4. The molecule has 63 heavy (non-hydrogen) atoms. The van der Waals surface area contributed by atoms with E-state index in [4.69, 9.17) is 0 Å². The van der Waals surface area contributed by atoms with Crippen LogP contribution in [0.25, 0.3) is 44.5 Å². The van der Waals surface area contributed by atoms with Gasteiger partial charge in [0.25, 0.3) is 0 Å². The first-order valence-corrected chi connectivity index (χ1v) is 22.2. The largest absolute Gasteiger partial charge is 0.0725 e. The van der Waals surface area contributed by atoms with Crippen LogP contribution >= 0.6 is 0 Å². The molecule has 1 unspecified atom stereocenters. The summed E-state index contributed by atoms with van der Waals surface area (Å²) in [5, 5.41) is 0. The van der Waals surface area contributed by atoms with E-state index in [2.05, 4.69) is 249 Å². The highest BCUT2D eigenvalue weighted by Crippen LogP contribution is 2.64. The van der Waals surface area contributed by atoms with E-state index in [1.54, 1.807) is 0 Å². The van der Waals surface area contributed by atoms with Crippen molar-refractivity contribution in [3.63, 3.8) is 0 Å². The predicted octanol–water partition coefficient (Wildman–Crippen LogP) is 15.2. The first-order chi connectivity index (χ1) is 31.3. The van der Waals surface area contributed by atoms with Crippen molar-refractivity contribution in [1.82, 2.24) is 0 Å². The number of fused-ring (bicyclic) bond motifs is 13. The molecule has 0 heterocycles. The fourth-order valence-electron chi connectivity index (χ4n) is 12.1. The molecule has 0 fully saturated rings. The summed E-state index contributed by atoms with van der Waals surface area (Å²) in [6, 6.07) is 93.5. The van der Waals surface area contributed by atoms with Crippen LogP contribution in [0.3, 0.4) is 0 Å². The zero-order valence-corrected chi connectivity index (χ0v) is 34.7. The van der Waals surface area contributed by atoms with Crippen LogP contribution in [0.4, 0.5) is 0 Å². The maximum atomic E-state index is 2.55. The van der Waals surface area contributed by atoms with Gasteiger partial charge in [-0.25, -0.2) is 0 Å². The van der Waals surface area contributed by atoms with Gasteiger partial charge in [0.05, 0.1) is 10.8 Å². The third-order valence-corrected chi connectivity index (χ3v) is 14.5. The molecule has 0 heteroatoms. The molecule has 0 N–H and O–H groups in total. The second-order valence-corrected chi connectivity index (χ2v) is 17.4. The fraction of sp³-hybridized carbons (Fsp3) is 0.0476. The SMILES string of the molecule is c1ccc(-c2ccc(C(c3ccc4c(c3)-c3ccccc3C43c4ccccc4-c4ccccc43)c3cccc4c3-c3ccccc3C4(c3ccccc3)c3ccccc3)cc2)cc1. The van der Waals surface area contributed by atoms with E-state index < -0.39 is 5.41 Å². The molecular formula is C63H42. The summed E-state index contributed by atoms with van der Waals surface area (Å²) in [5.74, 6) is -0.0580. The highest BCUT2D eigenvalue weighted by Gasteiger charge is 2.52. The van der Waals surface area contributed by atoms with Gasteiger partial charge in [-0.15, -0.1) is 0 Å². The van der Waals surface area contributed by atoms with Crippen LogP contribution in [0.2, 0.25) is 0 Å². The molecule has 10 aromatic rings. The number of rotatable bonds is 6. The van der Waals surface area contributed by atoms with Crippen LogP contribution in [-0.4, -0.2) is 0 Å². The van der Waals surface area contributed by atoms with Crippen molar-refractivity contribution in [2.75, 3.05) is 0 Å². The highest BCUT2D eigenvalue weighted by atomic mass is 14.5. The van der Waals surface area contributed by atoms with Crippen molar-refractivity contribution in [1.29, 1.82) is 0 Å². The lowest BCUT2D eigenvalue weighted by atomic mass is 9.67. The Morgan fingerprint density at radius 1 is 0.254 bits per heavy atom. The molecule has 13 rings (SSSR count). The Hall–Kier alpha value is -7.80. The summed E-state index contributed by atoms with van der Waals surface area (Å²) >= 11 is 0. The van der Waals surface area contributed by atoms with Crippen LogP contribution in [0.5, 0.6) is 0 Å². The third-order valence-electron chi connectivity index (χ3n) is 14.5. The van der Waals surface area contributed by atoms with Crippen molar-refractivity contribution < 1.29 is 0 Å². The van der Waals surface area contributed by atoms with Gasteiger partial charge in [0.2, 0.25) is 0 Å². The monoisotopic (exact) mass is 798 g/mol. The van der Waals surface area contributed by atoms with Gasteiger partial charge in [-0.3, -0.25) is 0 Å². The Morgan fingerprint density at radius 2 is 0.667 bits per heavy atom. The molecule has 0 aromatic heterocycles. The van der Waals surface area contributed by atoms with Crippen molar-refractivity contribution in [2.24, 2.45) is 0 Å². The molecule has 0 aliphatic heterocycles. The normalized spacial score (nSPS) is 14.5. The zero-order chi connectivity index (χ0) is 41.5. The average molecular weight is 799 g/mol. The summed E-state index contributed by atoms with van der Waals surface area (Å²) < 4.78 is 0. The third kappa shape index (κ3) is 4.92. The molecule has 294 valence electrons. The van der Waals surface area contributed by atoms with E-state index in [9.17, 15) is 0 Å². The second kappa shape index (κ2) is 13.9. The molecule has 0 saturated carbocycles. The van der Waals surface area contributed by atoms with Crippen molar-refractivity contribution in [2.45, 2.75) is 16.7 Å². The van der Waals surface area contributed by atoms with Gasteiger partial charge in [0.15, 0.2) is 0 Å². The Balaban J connectivity index is 1.09. The van der Waals surface area contributed by atoms with E-state index in [-0.39, 0.29) is 11.3 Å². The van der Waals surface area contributed by atoms with E-state index in [0.717, 1.165) is 0 Å². The Kier molecular flexibility index (Phi) is 7.90. The highest BCUT2D eigenvalue weighted by molar-refractivity contribution is 5.95. The minimum absolute atomic E-state index is 0.0580. The molecular weight excluding hydrogens is 757 g/mol. The summed E-state index contributed by atoms with van der Waals surface area (Å²) in [7, 11) is 0. The van der Waals surface area contributed by atoms with Gasteiger partial charge in [0, 0.05) is 5.92 Å². The summed E-state index contributed by atoms with van der Waals surface area (Å²) in [5.41, 5.74) is 24.0. The number of hydrogen-bond donors (Lipinski definition) is 0. The molecule has 3 aliphatic carbocycles. The quantitative estimate of drug-likeness (QED) is 0.147. The first-order valence-electron chi connectivity index (χ1n) is 22.2. The lowest BCUT2D eigenvalue weighted by molar-refractivity contribution is 0.767. The van der Waals surface area contributed by atoms with Crippen molar-refractivity contribution in [3.05, 3.63) is 310 Å². The van der Waals surface area contributed by atoms with Gasteiger partial charge in [0.1, 0.15) is 0 Å². The topological polar surface area (TPSA) is 0 Å². The summed E-state index contributed by atoms with van der Waals surface area (Å²) in [6.45, 7) is 0. The molecule has 0 nitrogen and oxygen atoms in total. The standard InChI is InChI=1S/C63H42/c1-4-19-42(20-5-1)43-35-37-44(38-36-43)60(52-29-18-34-59-61(52)51-28-13-17-33-57(51)62(59,46-21-6-2-7-22-46)47-23-8-3-9-24-47)45-39-40-58-53(41-45)50-27-12-16-32-56(50)63(58)54-30-14-10-25-48(54)49-26-11-15-31-55(49)63/h1-41,60H. The fourth-order valence-corrected chi connectivity index (χ4v) is 12.1. The Labute approximate surface area is 369 Å². The van der Waals surface area contributed by atoms with E-state index >= 15 is 0 Å². The smallest absolute Gasteiger partial charge is 0.0622 e. The Morgan fingerprint density at radius 3 is 1.24 bits per heavy atom. The summed E-state index contributed by atoms with van der Waals surface area (Å²) in [6.07, 6.45) is 0. The van der Waals surface area contributed by atoms with E-state index in [1.165, 1.54) is 106 Å². The van der Waals surface area contributed by atoms with Crippen LogP contribution in [0.1, 0.15) is 67.1 Å². The molecule has 3 aliphatic rings. The maximum Gasteiger partial charge on any atom is 0.0725 e.